The summed E-state index contributed by atoms with van der Waals surface area (Å²) in [6.45, 7) is 4.44. The predicted octanol–water partition coefficient (Wildman–Crippen LogP) is 7.68. The number of hydrogen-bond acceptors (Lipinski definition) is 3. The summed E-state index contributed by atoms with van der Waals surface area (Å²) in [5.74, 6) is -2.10. The molecule has 1 rings (SSSR count). The minimum atomic E-state index is -0.839. The quantitative estimate of drug-likeness (QED) is 0.181. The molecule has 4 heteroatoms. The van der Waals surface area contributed by atoms with Crippen molar-refractivity contribution in [2.75, 3.05) is 0 Å². The number of ether oxygens (including phenoxy) is 1. The summed E-state index contributed by atoms with van der Waals surface area (Å²) in [6.07, 6.45) is 21.3. The second-order valence-electron chi connectivity index (χ2n) is 9.36. The topological polar surface area (TPSA) is 63.6 Å². The van der Waals surface area contributed by atoms with Crippen LogP contribution in [0.5, 0.6) is 0 Å². The van der Waals surface area contributed by atoms with Crippen molar-refractivity contribution in [2.24, 2.45) is 11.8 Å². The number of rotatable bonds is 18. The highest BCUT2D eigenvalue weighted by molar-refractivity contribution is 5.81. The van der Waals surface area contributed by atoms with E-state index in [2.05, 4.69) is 13.8 Å². The molecule has 0 heterocycles. The molecule has 0 bridgehead atoms. The van der Waals surface area contributed by atoms with Crippen LogP contribution in [0.3, 0.4) is 0 Å². The van der Waals surface area contributed by atoms with Gasteiger partial charge in [-0.15, -0.1) is 0 Å². The van der Waals surface area contributed by atoms with Gasteiger partial charge in [-0.1, -0.05) is 97.3 Å². The van der Waals surface area contributed by atoms with Gasteiger partial charge in [0.1, 0.15) is 6.10 Å². The number of hydrogen-bond donors (Lipinski definition) is 1. The van der Waals surface area contributed by atoms with Crippen molar-refractivity contribution < 1.29 is 19.4 Å². The van der Waals surface area contributed by atoms with Crippen molar-refractivity contribution in [1.29, 1.82) is 0 Å². The molecule has 0 aliphatic heterocycles. The maximum Gasteiger partial charge on any atom is 0.310 e. The number of aliphatic carboxylic acids is 1. The van der Waals surface area contributed by atoms with Gasteiger partial charge in [0.25, 0.3) is 0 Å². The van der Waals surface area contributed by atoms with Gasteiger partial charge in [0.05, 0.1) is 11.8 Å². The molecular weight excluding hydrogens is 376 g/mol. The Morgan fingerprint density at radius 2 is 1.17 bits per heavy atom. The Bertz CT molecular complexity index is 448. The number of carboxylic acid groups (broad SMARTS) is 1. The predicted molar refractivity (Wildman–Crippen MR) is 124 cm³/mol. The summed E-state index contributed by atoms with van der Waals surface area (Å²) in [6, 6.07) is 0. The van der Waals surface area contributed by atoms with Crippen LogP contribution in [0.2, 0.25) is 0 Å². The van der Waals surface area contributed by atoms with Crippen LogP contribution in [0.15, 0.2) is 0 Å². The Kier molecular flexibility index (Phi) is 15.8. The molecule has 1 N–H and O–H groups in total. The van der Waals surface area contributed by atoms with E-state index in [1.807, 2.05) is 0 Å². The maximum absolute atomic E-state index is 12.8. The van der Waals surface area contributed by atoms with Crippen molar-refractivity contribution in [3.63, 3.8) is 0 Å². The van der Waals surface area contributed by atoms with Gasteiger partial charge in [0.2, 0.25) is 0 Å². The SMILES string of the molecule is CCCCCCCCCCCCC(CCCCC)OC(=O)C1CCCCC1C(=O)O. The molecule has 0 amide bonds. The van der Waals surface area contributed by atoms with Crippen molar-refractivity contribution in [3.8, 4) is 0 Å². The van der Waals surface area contributed by atoms with Gasteiger partial charge >= 0.3 is 11.9 Å². The number of esters is 1. The van der Waals surface area contributed by atoms with Gasteiger partial charge in [0.15, 0.2) is 0 Å². The van der Waals surface area contributed by atoms with Crippen LogP contribution >= 0.6 is 0 Å². The van der Waals surface area contributed by atoms with Gasteiger partial charge in [-0.3, -0.25) is 9.59 Å². The lowest BCUT2D eigenvalue weighted by atomic mass is 9.79. The van der Waals surface area contributed by atoms with Crippen molar-refractivity contribution >= 4 is 11.9 Å². The van der Waals surface area contributed by atoms with Crippen molar-refractivity contribution in [2.45, 2.75) is 142 Å². The molecule has 0 radical (unpaired) electrons. The minimum absolute atomic E-state index is 0.0329. The van der Waals surface area contributed by atoms with E-state index < -0.39 is 17.8 Å². The number of carboxylic acids is 1. The lowest BCUT2D eigenvalue weighted by Crippen LogP contribution is -2.35. The van der Waals surface area contributed by atoms with Gasteiger partial charge in [0, 0.05) is 0 Å². The molecular formula is C26H48O4. The van der Waals surface area contributed by atoms with E-state index in [0.29, 0.717) is 12.8 Å². The van der Waals surface area contributed by atoms with Crippen molar-refractivity contribution in [3.05, 3.63) is 0 Å². The second kappa shape index (κ2) is 17.6. The fourth-order valence-electron chi connectivity index (χ4n) is 4.70. The van der Waals surface area contributed by atoms with E-state index in [4.69, 9.17) is 4.74 Å². The van der Waals surface area contributed by atoms with Gasteiger partial charge in [-0.05, 0) is 38.5 Å². The third-order valence-corrected chi connectivity index (χ3v) is 6.68. The monoisotopic (exact) mass is 424 g/mol. The molecule has 0 spiro atoms. The fourth-order valence-corrected chi connectivity index (χ4v) is 4.70. The van der Waals surface area contributed by atoms with E-state index in [-0.39, 0.29) is 12.1 Å². The first-order chi connectivity index (χ1) is 14.6. The molecule has 1 aliphatic rings. The zero-order valence-corrected chi connectivity index (χ0v) is 19.8. The smallest absolute Gasteiger partial charge is 0.310 e. The molecule has 0 aromatic carbocycles. The first-order valence-electron chi connectivity index (χ1n) is 13.0. The van der Waals surface area contributed by atoms with Crippen molar-refractivity contribution in [1.82, 2.24) is 0 Å². The fraction of sp³-hybridized carbons (Fsp3) is 0.923. The molecule has 1 fully saturated rings. The largest absolute Gasteiger partial charge is 0.481 e. The number of unbranched alkanes of at least 4 members (excludes halogenated alkanes) is 11. The Morgan fingerprint density at radius 1 is 0.733 bits per heavy atom. The highest BCUT2D eigenvalue weighted by atomic mass is 16.5. The van der Waals surface area contributed by atoms with Crippen LogP contribution in [0, 0.1) is 11.8 Å². The Morgan fingerprint density at radius 3 is 1.70 bits per heavy atom. The zero-order valence-electron chi connectivity index (χ0n) is 19.8. The number of carbonyl (C=O) groups excluding carboxylic acids is 1. The van der Waals surface area contributed by atoms with E-state index in [1.54, 1.807) is 0 Å². The van der Waals surface area contributed by atoms with E-state index in [0.717, 1.165) is 51.4 Å². The Hall–Kier alpha value is -1.06. The van der Waals surface area contributed by atoms with E-state index >= 15 is 0 Å². The van der Waals surface area contributed by atoms with E-state index in [1.165, 1.54) is 57.8 Å². The zero-order chi connectivity index (χ0) is 22.0. The lowest BCUT2D eigenvalue weighted by Gasteiger charge is -2.28. The van der Waals surface area contributed by atoms with Gasteiger partial charge in [-0.25, -0.2) is 0 Å². The normalized spacial score (nSPS) is 20.1. The van der Waals surface area contributed by atoms with Crippen LogP contribution in [-0.4, -0.2) is 23.1 Å². The van der Waals surface area contributed by atoms with Crippen LogP contribution < -0.4 is 0 Å². The molecule has 0 aromatic heterocycles. The summed E-state index contributed by atoms with van der Waals surface area (Å²) in [5, 5.41) is 9.46. The second-order valence-corrected chi connectivity index (χ2v) is 9.36. The molecule has 0 saturated heterocycles. The molecule has 176 valence electrons. The van der Waals surface area contributed by atoms with Gasteiger partial charge in [-0.2, -0.15) is 0 Å². The summed E-state index contributed by atoms with van der Waals surface area (Å²) < 4.78 is 5.90. The molecule has 3 unspecified atom stereocenters. The third kappa shape index (κ3) is 12.0. The highest BCUT2D eigenvalue weighted by Gasteiger charge is 2.37. The minimum Gasteiger partial charge on any atom is -0.481 e. The molecule has 1 saturated carbocycles. The maximum atomic E-state index is 12.8. The molecule has 1 aliphatic carbocycles. The molecule has 4 nitrogen and oxygen atoms in total. The standard InChI is InChI=1S/C26H48O4/c1-3-5-7-8-9-10-11-12-13-15-19-22(18-14-6-4-2)30-26(29)24-21-17-16-20-23(24)25(27)28/h22-24H,3-21H2,1-2H3,(H,27,28). The average molecular weight is 425 g/mol. The third-order valence-electron chi connectivity index (χ3n) is 6.68. The van der Waals surface area contributed by atoms with E-state index in [9.17, 15) is 14.7 Å². The summed E-state index contributed by atoms with van der Waals surface area (Å²) in [7, 11) is 0. The molecule has 30 heavy (non-hydrogen) atoms. The highest BCUT2D eigenvalue weighted by Crippen LogP contribution is 2.32. The summed E-state index contributed by atoms with van der Waals surface area (Å²) in [5.41, 5.74) is 0. The summed E-state index contributed by atoms with van der Waals surface area (Å²) in [4.78, 5) is 24.3. The van der Waals surface area contributed by atoms with Gasteiger partial charge < -0.3 is 9.84 Å². The molecule has 3 atom stereocenters. The van der Waals surface area contributed by atoms with Crippen LogP contribution in [0.25, 0.3) is 0 Å². The summed E-state index contributed by atoms with van der Waals surface area (Å²) >= 11 is 0. The van der Waals surface area contributed by atoms with Crippen LogP contribution in [0.1, 0.15) is 136 Å². The lowest BCUT2D eigenvalue weighted by molar-refractivity contribution is -0.164. The average Bonchev–Trinajstić information content (AvgIpc) is 2.74. The first kappa shape index (κ1) is 27.0. The van der Waals surface area contributed by atoms with Crippen LogP contribution in [-0.2, 0) is 14.3 Å². The Labute approximate surface area is 185 Å². The Balaban J connectivity index is 2.32. The molecule has 0 aromatic rings. The number of carbonyl (C=O) groups is 2. The van der Waals surface area contributed by atoms with Crippen LogP contribution in [0.4, 0.5) is 0 Å². The first-order valence-corrected chi connectivity index (χ1v) is 13.0.